The van der Waals surface area contributed by atoms with Gasteiger partial charge in [0.1, 0.15) is 18.0 Å². The van der Waals surface area contributed by atoms with Gasteiger partial charge in [0, 0.05) is 5.56 Å². The molecule has 1 aromatic rings. The van der Waals surface area contributed by atoms with Crippen LogP contribution in [0.25, 0.3) is 0 Å². The topological polar surface area (TPSA) is 38.3 Å². The quantitative estimate of drug-likeness (QED) is 0.807. The summed E-state index contributed by atoms with van der Waals surface area (Å²) in [5.41, 5.74) is -1.65. The van der Waals surface area contributed by atoms with Crippen LogP contribution in [-0.2, 0) is 15.1 Å². The lowest BCUT2D eigenvalue weighted by atomic mass is 9.83. The van der Waals surface area contributed by atoms with E-state index in [1.54, 1.807) is 6.92 Å². The number of amides is 1. The molecular weight excluding hydrogens is 278 g/mol. The van der Waals surface area contributed by atoms with E-state index in [2.05, 4.69) is 10.1 Å². The first-order chi connectivity index (χ1) is 9.14. The second kappa shape index (κ2) is 4.73. The molecule has 1 N–H and O–H groups in total. The maximum absolute atomic E-state index is 13.9. The van der Waals surface area contributed by atoms with Crippen LogP contribution in [0.3, 0.4) is 0 Å². The van der Waals surface area contributed by atoms with Gasteiger partial charge in [0.2, 0.25) is 5.91 Å². The van der Waals surface area contributed by atoms with Crippen molar-refractivity contribution in [3.05, 3.63) is 35.1 Å². The van der Waals surface area contributed by atoms with E-state index in [0.717, 1.165) is 13.0 Å². The average molecular weight is 291 g/mol. The van der Waals surface area contributed by atoms with Crippen LogP contribution < -0.4 is 5.32 Å². The summed E-state index contributed by atoms with van der Waals surface area (Å²) in [5, 5.41) is 2.21. The highest BCUT2D eigenvalue weighted by molar-refractivity contribution is 5.79. The minimum atomic E-state index is -4.72. The normalized spacial score (nSPS) is 27.3. The fourth-order valence-electron chi connectivity index (χ4n) is 2.38. The summed E-state index contributed by atoms with van der Waals surface area (Å²) < 4.78 is 57.8. The number of nitrogens with one attached hydrogen (secondary N) is 1. The van der Waals surface area contributed by atoms with E-state index >= 15 is 0 Å². The van der Waals surface area contributed by atoms with Gasteiger partial charge >= 0.3 is 6.18 Å². The summed E-state index contributed by atoms with van der Waals surface area (Å²) in [6.45, 7) is 2.04. The van der Waals surface area contributed by atoms with Crippen LogP contribution in [0.5, 0.6) is 0 Å². The number of benzene rings is 1. The fourth-order valence-corrected chi connectivity index (χ4v) is 2.38. The molecule has 3 nitrogen and oxygen atoms in total. The number of carbonyl (C=O) groups is 1. The molecule has 1 saturated heterocycles. The molecule has 1 aromatic carbocycles. The van der Waals surface area contributed by atoms with Gasteiger partial charge in [-0.25, -0.2) is 4.39 Å². The largest absolute Gasteiger partial charge is 0.417 e. The Labute approximate surface area is 112 Å². The first kappa shape index (κ1) is 14.8. The Morgan fingerprint density at radius 1 is 1.40 bits per heavy atom. The van der Waals surface area contributed by atoms with E-state index in [0.29, 0.717) is 5.56 Å². The van der Waals surface area contributed by atoms with Crippen LogP contribution in [0, 0.1) is 12.7 Å². The Bertz CT molecular complexity index is 544. The average Bonchev–Trinajstić information content (AvgIpc) is 2.30. The number of hydrogen-bond donors (Lipinski definition) is 1. The molecule has 20 heavy (non-hydrogen) atoms. The number of rotatable bonds is 1. The highest BCUT2D eigenvalue weighted by Gasteiger charge is 2.57. The molecule has 2 unspecified atom stereocenters. The lowest BCUT2D eigenvalue weighted by Crippen LogP contribution is -2.63. The lowest BCUT2D eigenvalue weighted by molar-refractivity contribution is -0.251. The molecule has 7 heteroatoms. The van der Waals surface area contributed by atoms with Crippen molar-refractivity contribution in [1.82, 2.24) is 5.32 Å². The molecule has 1 aliphatic rings. The summed E-state index contributed by atoms with van der Waals surface area (Å²) in [5.74, 6) is -1.54. The van der Waals surface area contributed by atoms with Gasteiger partial charge in [-0.1, -0.05) is 17.7 Å². The Kier molecular flexibility index (Phi) is 3.49. The highest BCUT2D eigenvalue weighted by Crippen LogP contribution is 2.40. The number of alkyl halides is 3. The molecule has 0 aliphatic carbocycles. The zero-order valence-electron chi connectivity index (χ0n) is 10.8. The molecule has 0 bridgehead atoms. The maximum Gasteiger partial charge on any atom is 0.417 e. The molecule has 2 atom stereocenters. The molecule has 1 heterocycles. The van der Waals surface area contributed by atoms with E-state index in [-0.39, 0.29) is 5.56 Å². The van der Waals surface area contributed by atoms with Crippen LogP contribution in [0.15, 0.2) is 18.2 Å². The third-order valence-electron chi connectivity index (χ3n) is 3.28. The molecule has 2 rings (SSSR count). The van der Waals surface area contributed by atoms with Crippen LogP contribution in [0.2, 0.25) is 0 Å². The zero-order valence-corrected chi connectivity index (χ0v) is 10.8. The maximum atomic E-state index is 13.9. The van der Waals surface area contributed by atoms with Gasteiger partial charge in [0.15, 0.2) is 6.10 Å². The molecule has 1 aliphatic heterocycles. The number of carbonyl (C=O) groups excluding carboxylic acids is 1. The zero-order chi connectivity index (χ0) is 15.1. The van der Waals surface area contributed by atoms with Gasteiger partial charge in [-0.15, -0.1) is 0 Å². The van der Waals surface area contributed by atoms with Crippen LogP contribution in [0.1, 0.15) is 18.1 Å². The van der Waals surface area contributed by atoms with Crippen molar-refractivity contribution in [2.75, 3.05) is 6.61 Å². The second-order valence-corrected chi connectivity index (χ2v) is 4.97. The number of hydrogen-bond acceptors (Lipinski definition) is 2. The molecular formula is C13H13F4NO2. The predicted molar refractivity (Wildman–Crippen MR) is 62.4 cm³/mol. The summed E-state index contributed by atoms with van der Waals surface area (Å²) >= 11 is 0. The fraction of sp³-hybridized carbons (Fsp3) is 0.462. The van der Waals surface area contributed by atoms with Crippen LogP contribution in [-0.4, -0.2) is 24.8 Å². The van der Waals surface area contributed by atoms with Crippen molar-refractivity contribution in [3.63, 3.8) is 0 Å². The van der Waals surface area contributed by atoms with Crippen molar-refractivity contribution in [2.45, 2.75) is 31.7 Å². The van der Waals surface area contributed by atoms with Crippen molar-refractivity contribution in [1.29, 1.82) is 0 Å². The molecule has 1 amide bonds. The van der Waals surface area contributed by atoms with E-state index in [1.165, 1.54) is 12.1 Å². The summed E-state index contributed by atoms with van der Waals surface area (Å²) in [6, 6.07) is 3.80. The Morgan fingerprint density at radius 2 is 2.05 bits per heavy atom. The lowest BCUT2D eigenvalue weighted by Gasteiger charge is -2.42. The summed E-state index contributed by atoms with van der Waals surface area (Å²) in [4.78, 5) is 11.4. The SMILES string of the molecule is Cc1ccc(F)c(C2(C)NC(=O)COC2C(F)(F)F)c1. The van der Waals surface area contributed by atoms with Gasteiger partial charge < -0.3 is 10.1 Å². The first-order valence-electron chi connectivity index (χ1n) is 5.90. The number of morpholine rings is 1. The molecule has 0 aromatic heterocycles. The van der Waals surface area contributed by atoms with Gasteiger partial charge in [0.05, 0.1) is 0 Å². The van der Waals surface area contributed by atoms with E-state index < -0.39 is 36.2 Å². The van der Waals surface area contributed by atoms with Gasteiger partial charge in [-0.3, -0.25) is 4.79 Å². The monoisotopic (exact) mass is 291 g/mol. The van der Waals surface area contributed by atoms with Crippen molar-refractivity contribution < 1.29 is 27.1 Å². The minimum Gasteiger partial charge on any atom is -0.356 e. The standard InChI is InChI=1S/C13H13F4NO2/c1-7-3-4-9(14)8(5-7)12(2)11(13(15,16)17)20-6-10(19)18-12/h3-5,11H,6H2,1-2H3,(H,18,19). The summed E-state index contributed by atoms with van der Waals surface area (Å²) in [7, 11) is 0. The van der Waals surface area contributed by atoms with E-state index in [1.807, 2.05) is 0 Å². The van der Waals surface area contributed by atoms with Crippen molar-refractivity contribution in [2.24, 2.45) is 0 Å². The summed E-state index contributed by atoms with van der Waals surface area (Å²) in [6.07, 6.45) is -7.03. The van der Waals surface area contributed by atoms with E-state index in [4.69, 9.17) is 0 Å². The number of halogens is 4. The molecule has 110 valence electrons. The van der Waals surface area contributed by atoms with Crippen molar-refractivity contribution >= 4 is 5.91 Å². The Hall–Kier alpha value is -1.63. The number of aryl methyl sites for hydroxylation is 1. The molecule has 1 fully saturated rings. The molecule has 0 saturated carbocycles. The second-order valence-electron chi connectivity index (χ2n) is 4.97. The smallest absolute Gasteiger partial charge is 0.356 e. The van der Waals surface area contributed by atoms with Gasteiger partial charge in [-0.05, 0) is 19.9 Å². The van der Waals surface area contributed by atoms with Crippen LogP contribution >= 0.6 is 0 Å². The van der Waals surface area contributed by atoms with Crippen molar-refractivity contribution in [3.8, 4) is 0 Å². The van der Waals surface area contributed by atoms with Gasteiger partial charge in [-0.2, -0.15) is 13.2 Å². The van der Waals surface area contributed by atoms with E-state index in [9.17, 15) is 22.4 Å². The third kappa shape index (κ3) is 2.49. The van der Waals surface area contributed by atoms with Gasteiger partial charge in [0.25, 0.3) is 0 Å². The molecule has 0 spiro atoms. The predicted octanol–water partition coefficient (Wildman–Crippen LogP) is 2.43. The van der Waals surface area contributed by atoms with Crippen LogP contribution in [0.4, 0.5) is 17.6 Å². The number of ether oxygens (including phenoxy) is 1. The highest BCUT2D eigenvalue weighted by atomic mass is 19.4. The minimum absolute atomic E-state index is 0.243. The first-order valence-corrected chi connectivity index (χ1v) is 5.90. The third-order valence-corrected chi connectivity index (χ3v) is 3.28. The molecule has 0 radical (unpaired) electrons. The Morgan fingerprint density at radius 3 is 2.65 bits per heavy atom. The Balaban J connectivity index is 2.56.